The molecule has 2 aromatic heterocycles. The standard InChI is InChI=1S/C19H19ClFN7O2/c20-12-4-1-3-11(15(12)21)7-23-19(30)13-5-2-6-28(13)14(29)8-27-10-26-16-17(22)24-9-25-18(16)27/h1,3-4,9-10,13H,2,5-8H2,(H,23,30)(H2,22,24,25). The summed E-state index contributed by atoms with van der Waals surface area (Å²) in [6.07, 6.45) is 4.02. The van der Waals surface area contributed by atoms with Crippen LogP contribution in [0.15, 0.2) is 30.9 Å². The van der Waals surface area contributed by atoms with Gasteiger partial charge in [0.25, 0.3) is 0 Å². The fraction of sp³-hybridized carbons (Fsp3) is 0.316. The summed E-state index contributed by atoms with van der Waals surface area (Å²) >= 11 is 5.77. The largest absolute Gasteiger partial charge is 0.382 e. The molecule has 1 aliphatic rings. The zero-order valence-electron chi connectivity index (χ0n) is 15.9. The number of nitrogen functional groups attached to an aromatic ring is 1. The van der Waals surface area contributed by atoms with E-state index in [-0.39, 0.29) is 41.3 Å². The van der Waals surface area contributed by atoms with Gasteiger partial charge in [-0.15, -0.1) is 0 Å². The van der Waals surface area contributed by atoms with Crippen molar-refractivity contribution in [2.24, 2.45) is 0 Å². The maximum absolute atomic E-state index is 14.0. The third-order valence-electron chi connectivity index (χ3n) is 5.10. The highest BCUT2D eigenvalue weighted by Gasteiger charge is 2.34. The summed E-state index contributed by atoms with van der Waals surface area (Å²) in [7, 11) is 0. The van der Waals surface area contributed by atoms with Gasteiger partial charge in [-0.1, -0.05) is 23.7 Å². The molecule has 11 heteroatoms. The first-order chi connectivity index (χ1) is 14.5. The highest BCUT2D eigenvalue weighted by atomic mass is 35.5. The highest BCUT2D eigenvalue weighted by Crippen LogP contribution is 2.21. The normalized spacial score (nSPS) is 16.2. The SMILES string of the molecule is Nc1ncnc2c1ncn2CC(=O)N1CCCC1C(=O)NCc1cccc(Cl)c1F. The van der Waals surface area contributed by atoms with Crippen molar-refractivity contribution in [3.8, 4) is 0 Å². The summed E-state index contributed by atoms with van der Waals surface area (Å²) in [4.78, 5) is 39.2. The number of nitrogens with one attached hydrogen (secondary N) is 1. The van der Waals surface area contributed by atoms with Crippen LogP contribution < -0.4 is 11.1 Å². The number of anilines is 1. The molecule has 1 fully saturated rings. The molecule has 1 atom stereocenters. The summed E-state index contributed by atoms with van der Waals surface area (Å²) in [5.74, 6) is -0.898. The average Bonchev–Trinajstić information content (AvgIpc) is 3.37. The van der Waals surface area contributed by atoms with Gasteiger partial charge < -0.3 is 20.5 Å². The van der Waals surface area contributed by atoms with Gasteiger partial charge in [0, 0.05) is 18.7 Å². The minimum Gasteiger partial charge on any atom is -0.382 e. The minimum absolute atomic E-state index is 0.00331. The molecule has 156 valence electrons. The number of hydrogen-bond donors (Lipinski definition) is 2. The van der Waals surface area contributed by atoms with Gasteiger partial charge in [-0.2, -0.15) is 0 Å². The van der Waals surface area contributed by atoms with E-state index in [0.29, 0.717) is 30.6 Å². The molecular weight excluding hydrogens is 413 g/mol. The van der Waals surface area contributed by atoms with Gasteiger partial charge in [-0.25, -0.2) is 19.3 Å². The van der Waals surface area contributed by atoms with Crippen molar-refractivity contribution in [1.29, 1.82) is 0 Å². The second-order valence-electron chi connectivity index (χ2n) is 6.98. The van der Waals surface area contributed by atoms with Gasteiger partial charge in [0.1, 0.15) is 30.2 Å². The highest BCUT2D eigenvalue weighted by molar-refractivity contribution is 6.30. The molecular formula is C19H19ClFN7O2. The Kier molecular flexibility index (Phi) is 5.49. The number of hydrogen-bond acceptors (Lipinski definition) is 6. The molecule has 3 N–H and O–H groups in total. The number of benzene rings is 1. The van der Waals surface area contributed by atoms with Crippen molar-refractivity contribution < 1.29 is 14.0 Å². The summed E-state index contributed by atoms with van der Waals surface area (Å²) in [5, 5.41) is 2.70. The van der Waals surface area contributed by atoms with E-state index in [1.165, 1.54) is 23.6 Å². The van der Waals surface area contributed by atoms with Crippen molar-refractivity contribution in [3.05, 3.63) is 47.3 Å². The van der Waals surface area contributed by atoms with Crippen LogP contribution >= 0.6 is 11.6 Å². The second kappa shape index (κ2) is 8.23. The molecule has 1 saturated heterocycles. The third-order valence-corrected chi connectivity index (χ3v) is 5.39. The first-order valence-electron chi connectivity index (χ1n) is 9.37. The molecule has 2 amide bonds. The Morgan fingerprint density at radius 2 is 2.13 bits per heavy atom. The van der Waals surface area contributed by atoms with Crippen LogP contribution in [0.1, 0.15) is 18.4 Å². The van der Waals surface area contributed by atoms with E-state index < -0.39 is 11.9 Å². The molecule has 0 aliphatic carbocycles. The van der Waals surface area contributed by atoms with Crippen LogP contribution in [0, 0.1) is 5.82 Å². The van der Waals surface area contributed by atoms with Crippen LogP contribution in [-0.2, 0) is 22.7 Å². The van der Waals surface area contributed by atoms with E-state index in [1.54, 1.807) is 16.7 Å². The average molecular weight is 432 g/mol. The Labute approximate surface area is 176 Å². The predicted molar refractivity (Wildman–Crippen MR) is 108 cm³/mol. The second-order valence-corrected chi connectivity index (χ2v) is 7.39. The minimum atomic E-state index is -0.616. The Hall–Kier alpha value is -3.27. The van der Waals surface area contributed by atoms with E-state index in [1.807, 2.05) is 0 Å². The van der Waals surface area contributed by atoms with Crippen molar-refractivity contribution >= 4 is 40.4 Å². The van der Waals surface area contributed by atoms with Crippen LogP contribution in [0.3, 0.4) is 0 Å². The molecule has 0 bridgehead atoms. The van der Waals surface area contributed by atoms with Crippen molar-refractivity contribution in [1.82, 2.24) is 29.7 Å². The van der Waals surface area contributed by atoms with E-state index in [2.05, 4.69) is 20.3 Å². The maximum Gasteiger partial charge on any atom is 0.243 e. The molecule has 4 rings (SSSR count). The molecule has 1 aromatic carbocycles. The number of halogens is 2. The fourth-order valence-electron chi connectivity index (χ4n) is 3.57. The smallest absolute Gasteiger partial charge is 0.243 e. The number of nitrogens with zero attached hydrogens (tertiary/aromatic N) is 5. The lowest BCUT2D eigenvalue weighted by Crippen LogP contribution is -2.46. The number of fused-ring (bicyclic) bond motifs is 1. The van der Waals surface area contributed by atoms with Gasteiger partial charge in [-0.3, -0.25) is 9.59 Å². The lowest BCUT2D eigenvalue weighted by molar-refractivity contribution is -0.138. The van der Waals surface area contributed by atoms with Crippen molar-refractivity contribution in [3.63, 3.8) is 0 Å². The number of rotatable bonds is 5. The molecule has 0 spiro atoms. The molecule has 30 heavy (non-hydrogen) atoms. The van der Waals surface area contributed by atoms with E-state index in [9.17, 15) is 14.0 Å². The Morgan fingerprint density at radius 1 is 1.30 bits per heavy atom. The zero-order chi connectivity index (χ0) is 21.3. The van der Waals surface area contributed by atoms with Crippen LogP contribution in [-0.4, -0.2) is 48.8 Å². The number of amides is 2. The summed E-state index contributed by atoms with van der Waals surface area (Å²) in [5.41, 5.74) is 6.93. The van der Waals surface area contributed by atoms with Crippen LogP contribution in [0.25, 0.3) is 11.2 Å². The molecule has 0 radical (unpaired) electrons. The number of imidazole rings is 1. The monoisotopic (exact) mass is 431 g/mol. The lowest BCUT2D eigenvalue weighted by Gasteiger charge is -2.24. The number of carbonyl (C=O) groups excluding carboxylic acids is 2. The maximum atomic E-state index is 14.0. The van der Waals surface area contributed by atoms with Gasteiger partial charge in [0.15, 0.2) is 11.5 Å². The predicted octanol–water partition coefficient (Wildman–Crippen LogP) is 1.51. The van der Waals surface area contributed by atoms with E-state index in [4.69, 9.17) is 17.3 Å². The Morgan fingerprint density at radius 3 is 2.97 bits per heavy atom. The topological polar surface area (TPSA) is 119 Å². The first-order valence-corrected chi connectivity index (χ1v) is 9.75. The van der Waals surface area contributed by atoms with Gasteiger partial charge in [-0.05, 0) is 18.9 Å². The summed E-state index contributed by atoms with van der Waals surface area (Å²) < 4.78 is 15.6. The van der Waals surface area contributed by atoms with Gasteiger partial charge in [0.05, 0.1) is 11.3 Å². The molecule has 9 nitrogen and oxygen atoms in total. The molecule has 0 saturated carbocycles. The van der Waals surface area contributed by atoms with E-state index >= 15 is 0 Å². The van der Waals surface area contributed by atoms with Crippen molar-refractivity contribution in [2.45, 2.75) is 32.0 Å². The molecule has 1 aliphatic heterocycles. The van der Waals surface area contributed by atoms with Crippen LogP contribution in [0.4, 0.5) is 10.2 Å². The van der Waals surface area contributed by atoms with Crippen LogP contribution in [0.5, 0.6) is 0 Å². The number of nitrogens with two attached hydrogens (primary N) is 1. The fourth-order valence-corrected chi connectivity index (χ4v) is 3.77. The zero-order valence-corrected chi connectivity index (χ0v) is 16.6. The quantitative estimate of drug-likeness (QED) is 0.632. The van der Waals surface area contributed by atoms with Crippen molar-refractivity contribution in [2.75, 3.05) is 12.3 Å². The molecule has 3 heterocycles. The number of aromatic nitrogens is 4. The van der Waals surface area contributed by atoms with Crippen LogP contribution in [0.2, 0.25) is 5.02 Å². The lowest BCUT2D eigenvalue weighted by atomic mass is 10.1. The van der Waals surface area contributed by atoms with E-state index in [0.717, 1.165) is 0 Å². The third kappa shape index (κ3) is 3.78. The first kappa shape index (κ1) is 20.0. The Bertz CT molecular complexity index is 1120. The molecule has 1 unspecified atom stereocenters. The summed E-state index contributed by atoms with van der Waals surface area (Å²) in [6.45, 7) is 0.429. The number of likely N-dealkylation sites (tertiary alicyclic amines) is 1. The number of carbonyl (C=O) groups is 2. The molecule has 3 aromatic rings. The van der Waals surface area contributed by atoms with Gasteiger partial charge in [0.2, 0.25) is 11.8 Å². The summed E-state index contributed by atoms with van der Waals surface area (Å²) in [6, 6.07) is 3.99. The van der Waals surface area contributed by atoms with Gasteiger partial charge >= 0.3 is 0 Å². The Balaban J connectivity index is 1.43.